The van der Waals surface area contributed by atoms with Gasteiger partial charge in [-0.2, -0.15) is 0 Å². The average molecular weight is 338 g/mol. The Morgan fingerprint density at radius 2 is 2.00 bits per heavy atom. The van der Waals surface area contributed by atoms with Crippen LogP contribution in [-0.4, -0.2) is 35.3 Å². The molecule has 0 aliphatic carbocycles. The zero-order valence-corrected chi connectivity index (χ0v) is 14.2. The number of aliphatic hydroxyl groups is 1. The maximum absolute atomic E-state index is 12.4. The van der Waals surface area contributed by atoms with Crippen LogP contribution in [0.2, 0.25) is 0 Å². The summed E-state index contributed by atoms with van der Waals surface area (Å²) >= 11 is 0. The van der Waals surface area contributed by atoms with Gasteiger partial charge < -0.3 is 19.7 Å². The van der Waals surface area contributed by atoms with E-state index in [1.807, 2.05) is 65.4 Å². The fourth-order valence-electron chi connectivity index (χ4n) is 2.93. The van der Waals surface area contributed by atoms with Crippen LogP contribution in [0, 0.1) is 0 Å². The monoisotopic (exact) mass is 338 g/mol. The van der Waals surface area contributed by atoms with E-state index in [0.29, 0.717) is 6.42 Å². The van der Waals surface area contributed by atoms with Crippen LogP contribution in [0.1, 0.15) is 5.56 Å². The highest BCUT2D eigenvalue weighted by Crippen LogP contribution is 2.21. The number of carbonyl (C=O) groups is 1. The molecule has 3 rings (SSSR count). The zero-order valence-electron chi connectivity index (χ0n) is 14.2. The molecule has 0 bridgehead atoms. The molecule has 0 aliphatic rings. The van der Waals surface area contributed by atoms with Gasteiger partial charge in [0.15, 0.2) is 0 Å². The Bertz CT molecular complexity index is 843. The number of benzene rings is 2. The zero-order chi connectivity index (χ0) is 17.6. The summed E-state index contributed by atoms with van der Waals surface area (Å²) in [7, 11) is 1.63. The third-order valence-corrected chi connectivity index (χ3v) is 4.20. The fourth-order valence-corrected chi connectivity index (χ4v) is 2.93. The van der Waals surface area contributed by atoms with E-state index in [2.05, 4.69) is 5.32 Å². The summed E-state index contributed by atoms with van der Waals surface area (Å²) in [5.41, 5.74) is 2.06. The Balaban J connectivity index is 1.65. The minimum absolute atomic E-state index is 0.0930. The van der Waals surface area contributed by atoms with Crippen LogP contribution in [0.5, 0.6) is 5.75 Å². The fraction of sp³-hybridized carbons (Fsp3) is 0.250. The van der Waals surface area contributed by atoms with Crippen molar-refractivity contribution in [1.82, 2.24) is 9.88 Å². The highest BCUT2D eigenvalue weighted by molar-refractivity contribution is 5.84. The van der Waals surface area contributed by atoms with Crippen molar-refractivity contribution in [3.8, 4) is 5.75 Å². The Hall–Kier alpha value is -2.79. The smallest absolute Gasteiger partial charge is 0.240 e. The third kappa shape index (κ3) is 4.19. The molecule has 1 heterocycles. The largest absolute Gasteiger partial charge is 0.497 e. The second-order valence-corrected chi connectivity index (χ2v) is 6.01. The van der Waals surface area contributed by atoms with E-state index in [1.165, 1.54) is 0 Å². The molecule has 1 amide bonds. The van der Waals surface area contributed by atoms with Crippen molar-refractivity contribution in [3.05, 3.63) is 66.4 Å². The molecule has 2 aromatic carbocycles. The lowest BCUT2D eigenvalue weighted by Crippen LogP contribution is -2.40. The van der Waals surface area contributed by atoms with Crippen LogP contribution < -0.4 is 10.1 Å². The molecule has 1 atom stereocenters. The van der Waals surface area contributed by atoms with Crippen molar-refractivity contribution < 1.29 is 14.6 Å². The number of methoxy groups -OCH3 is 1. The second kappa shape index (κ2) is 7.85. The van der Waals surface area contributed by atoms with Gasteiger partial charge >= 0.3 is 0 Å². The van der Waals surface area contributed by atoms with Gasteiger partial charge in [-0.15, -0.1) is 0 Å². The van der Waals surface area contributed by atoms with Gasteiger partial charge in [0.1, 0.15) is 12.3 Å². The number of aromatic nitrogens is 1. The van der Waals surface area contributed by atoms with Crippen molar-refractivity contribution in [2.45, 2.75) is 19.0 Å². The minimum atomic E-state index is -0.295. The van der Waals surface area contributed by atoms with Gasteiger partial charge in [-0.05, 0) is 36.2 Å². The number of hydrogen-bond acceptors (Lipinski definition) is 3. The van der Waals surface area contributed by atoms with Crippen molar-refractivity contribution in [3.63, 3.8) is 0 Å². The average Bonchev–Trinajstić information content (AvgIpc) is 3.03. The maximum Gasteiger partial charge on any atom is 0.240 e. The van der Waals surface area contributed by atoms with Gasteiger partial charge in [0.2, 0.25) is 5.91 Å². The first-order valence-electron chi connectivity index (χ1n) is 8.26. The van der Waals surface area contributed by atoms with Crippen LogP contribution in [-0.2, 0) is 17.8 Å². The van der Waals surface area contributed by atoms with E-state index >= 15 is 0 Å². The second-order valence-electron chi connectivity index (χ2n) is 6.01. The van der Waals surface area contributed by atoms with E-state index < -0.39 is 0 Å². The van der Waals surface area contributed by atoms with Gasteiger partial charge in [-0.3, -0.25) is 4.79 Å². The number of nitrogens with zero attached hydrogens (tertiary/aromatic N) is 1. The standard InChI is InChI=1S/C20H22N2O3/c1-25-18-7-8-19-16(12-18)9-10-22(19)13-20(24)21-17(14-23)11-15-5-3-2-4-6-15/h2-10,12,17,23H,11,13-14H2,1H3,(H,21,24)/t17-/m0/s1. The van der Waals surface area contributed by atoms with Crippen molar-refractivity contribution in [1.29, 1.82) is 0 Å². The molecule has 25 heavy (non-hydrogen) atoms. The first kappa shape index (κ1) is 17.0. The first-order chi connectivity index (χ1) is 12.2. The van der Waals surface area contributed by atoms with Crippen LogP contribution >= 0.6 is 0 Å². The molecule has 5 heteroatoms. The number of aliphatic hydroxyl groups excluding tert-OH is 1. The van der Waals surface area contributed by atoms with E-state index in [4.69, 9.17) is 4.74 Å². The Kier molecular flexibility index (Phi) is 5.36. The normalized spacial score (nSPS) is 12.1. The lowest BCUT2D eigenvalue weighted by molar-refractivity contribution is -0.122. The van der Waals surface area contributed by atoms with Crippen molar-refractivity contribution in [2.75, 3.05) is 13.7 Å². The van der Waals surface area contributed by atoms with Gasteiger partial charge in [-0.1, -0.05) is 30.3 Å². The quantitative estimate of drug-likeness (QED) is 0.695. The van der Waals surface area contributed by atoms with Gasteiger partial charge in [0, 0.05) is 17.1 Å². The summed E-state index contributed by atoms with van der Waals surface area (Å²) in [5, 5.41) is 13.5. The van der Waals surface area contributed by atoms with Gasteiger partial charge in [0.05, 0.1) is 19.8 Å². The molecule has 130 valence electrons. The summed E-state index contributed by atoms with van der Waals surface area (Å²) in [4.78, 5) is 12.4. The molecule has 0 radical (unpaired) electrons. The van der Waals surface area contributed by atoms with Crippen LogP contribution in [0.3, 0.4) is 0 Å². The lowest BCUT2D eigenvalue weighted by Gasteiger charge is -2.17. The predicted octanol–water partition coefficient (Wildman–Crippen LogP) is 2.37. The lowest BCUT2D eigenvalue weighted by atomic mass is 10.1. The molecule has 2 N–H and O–H groups in total. The Morgan fingerprint density at radius 1 is 1.20 bits per heavy atom. The van der Waals surface area contributed by atoms with Crippen LogP contribution in [0.25, 0.3) is 10.9 Å². The predicted molar refractivity (Wildman–Crippen MR) is 97.7 cm³/mol. The molecule has 0 fully saturated rings. The van der Waals surface area contributed by atoms with Gasteiger partial charge in [0.25, 0.3) is 0 Å². The highest BCUT2D eigenvalue weighted by Gasteiger charge is 2.13. The number of fused-ring (bicyclic) bond motifs is 1. The number of rotatable bonds is 7. The Morgan fingerprint density at radius 3 is 2.72 bits per heavy atom. The highest BCUT2D eigenvalue weighted by atomic mass is 16.5. The molecule has 3 aromatic rings. The summed E-state index contributed by atoms with van der Waals surface area (Å²) < 4.78 is 7.11. The molecule has 1 aromatic heterocycles. The molecule has 0 saturated carbocycles. The van der Waals surface area contributed by atoms with Gasteiger partial charge in [-0.25, -0.2) is 0 Å². The number of hydrogen-bond donors (Lipinski definition) is 2. The Labute approximate surface area is 146 Å². The molecule has 0 unspecified atom stereocenters. The summed E-state index contributed by atoms with van der Waals surface area (Å²) in [5.74, 6) is 0.668. The SMILES string of the molecule is COc1ccc2c(ccn2CC(=O)N[C@H](CO)Cc2ccccc2)c1. The maximum atomic E-state index is 12.4. The third-order valence-electron chi connectivity index (χ3n) is 4.20. The van der Waals surface area contributed by atoms with Crippen LogP contribution in [0.4, 0.5) is 0 Å². The van der Waals surface area contributed by atoms with E-state index in [9.17, 15) is 9.90 Å². The summed E-state index contributed by atoms with van der Waals surface area (Å²) in [6.45, 7) is 0.116. The number of carbonyl (C=O) groups excluding carboxylic acids is 1. The van der Waals surface area contributed by atoms with Crippen molar-refractivity contribution in [2.24, 2.45) is 0 Å². The molecule has 0 saturated heterocycles. The molecular weight excluding hydrogens is 316 g/mol. The number of nitrogens with one attached hydrogen (secondary N) is 1. The number of ether oxygens (including phenoxy) is 1. The topological polar surface area (TPSA) is 63.5 Å². The summed E-state index contributed by atoms with van der Waals surface area (Å²) in [6.07, 6.45) is 2.49. The molecule has 0 spiro atoms. The van der Waals surface area contributed by atoms with E-state index in [-0.39, 0.29) is 25.1 Å². The van der Waals surface area contributed by atoms with Crippen molar-refractivity contribution >= 4 is 16.8 Å². The van der Waals surface area contributed by atoms with Crippen LogP contribution in [0.15, 0.2) is 60.8 Å². The number of amides is 1. The molecule has 5 nitrogen and oxygen atoms in total. The minimum Gasteiger partial charge on any atom is -0.497 e. The first-order valence-corrected chi connectivity index (χ1v) is 8.26. The summed E-state index contributed by atoms with van der Waals surface area (Å²) in [6, 6.07) is 17.2. The van der Waals surface area contributed by atoms with E-state index in [1.54, 1.807) is 7.11 Å². The van der Waals surface area contributed by atoms with E-state index in [0.717, 1.165) is 22.2 Å². The molecule has 0 aliphatic heterocycles. The molecular formula is C20H22N2O3.